The highest BCUT2D eigenvalue weighted by Crippen LogP contribution is 2.46. The van der Waals surface area contributed by atoms with Gasteiger partial charge in [0, 0.05) is 10.6 Å². The largest absolute Gasteiger partial charge is 0.465 e. The molecule has 1 aromatic heterocycles. The standard InChI is InChI=1S/C15H13ClN4O2/c1-22-14(21)11-3-2-10(16)6-12(11)13-7-20(19-18-13)9-15(8-17)4-5-15/h2-3,6-7H,4-5,9H2,1H3. The van der Waals surface area contributed by atoms with Gasteiger partial charge in [-0.25, -0.2) is 4.79 Å². The second kappa shape index (κ2) is 5.43. The first-order chi connectivity index (χ1) is 10.6. The van der Waals surface area contributed by atoms with Gasteiger partial charge in [0.2, 0.25) is 0 Å². The first-order valence-electron chi connectivity index (χ1n) is 6.76. The van der Waals surface area contributed by atoms with E-state index < -0.39 is 5.97 Å². The van der Waals surface area contributed by atoms with E-state index in [9.17, 15) is 4.79 Å². The lowest BCUT2D eigenvalue weighted by Gasteiger charge is -2.06. The Bertz CT molecular complexity index is 774. The van der Waals surface area contributed by atoms with Gasteiger partial charge in [-0.15, -0.1) is 5.10 Å². The maximum Gasteiger partial charge on any atom is 0.338 e. The zero-order valence-corrected chi connectivity index (χ0v) is 12.7. The van der Waals surface area contributed by atoms with Crippen LogP contribution in [0.1, 0.15) is 23.2 Å². The Labute approximate surface area is 132 Å². The van der Waals surface area contributed by atoms with Crippen molar-refractivity contribution in [3.8, 4) is 17.3 Å². The topological polar surface area (TPSA) is 80.8 Å². The fraction of sp³-hybridized carbons (Fsp3) is 0.333. The molecule has 3 rings (SSSR count). The number of hydrogen-bond donors (Lipinski definition) is 0. The van der Waals surface area contributed by atoms with E-state index in [2.05, 4.69) is 16.4 Å². The van der Waals surface area contributed by atoms with Crippen LogP contribution in [0.3, 0.4) is 0 Å². The van der Waals surface area contributed by atoms with Gasteiger partial charge in [-0.2, -0.15) is 5.26 Å². The highest BCUT2D eigenvalue weighted by molar-refractivity contribution is 6.31. The van der Waals surface area contributed by atoms with Crippen LogP contribution >= 0.6 is 11.6 Å². The predicted octanol–water partition coefficient (Wildman–Crippen LogP) is 2.69. The van der Waals surface area contributed by atoms with Gasteiger partial charge in [-0.05, 0) is 31.0 Å². The zero-order chi connectivity index (χ0) is 15.7. The van der Waals surface area contributed by atoms with Crippen molar-refractivity contribution >= 4 is 17.6 Å². The molecule has 0 N–H and O–H groups in total. The molecule has 0 unspecified atom stereocenters. The lowest BCUT2D eigenvalue weighted by Crippen LogP contribution is -2.10. The first kappa shape index (κ1) is 14.5. The van der Waals surface area contributed by atoms with E-state index >= 15 is 0 Å². The summed E-state index contributed by atoms with van der Waals surface area (Å²) in [5, 5.41) is 17.8. The van der Waals surface area contributed by atoms with Crippen LogP contribution in [0.25, 0.3) is 11.3 Å². The number of halogens is 1. The van der Waals surface area contributed by atoms with Crippen LogP contribution in [-0.4, -0.2) is 28.1 Å². The Hall–Kier alpha value is -2.39. The molecule has 6 nitrogen and oxygen atoms in total. The number of nitrogens with zero attached hydrogens (tertiary/aromatic N) is 4. The Kier molecular flexibility index (Phi) is 3.59. The molecule has 1 saturated carbocycles. The lowest BCUT2D eigenvalue weighted by atomic mass is 10.1. The maximum absolute atomic E-state index is 11.8. The van der Waals surface area contributed by atoms with Gasteiger partial charge in [0.15, 0.2) is 0 Å². The Balaban J connectivity index is 1.95. The summed E-state index contributed by atoms with van der Waals surface area (Å²) < 4.78 is 6.41. The minimum Gasteiger partial charge on any atom is -0.465 e. The smallest absolute Gasteiger partial charge is 0.338 e. The molecular formula is C15H13ClN4O2. The lowest BCUT2D eigenvalue weighted by molar-refractivity contribution is 0.0601. The second-order valence-corrected chi connectivity index (χ2v) is 5.81. The number of methoxy groups -OCH3 is 1. The van der Waals surface area contributed by atoms with Crippen LogP contribution in [0.15, 0.2) is 24.4 Å². The number of esters is 1. The predicted molar refractivity (Wildman–Crippen MR) is 79.1 cm³/mol. The summed E-state index contributed by atoms with van der Waals surface area (Å²) >= 11 is 6.01. The third kappa shape index (κ3) is 2.68. The molecule has 7 heteroatoms. The van der Waals surface area contributed by atoms with Crippen molar-refractivity contribution in [2.24, 2.45) is 5.41 Å². The average Bonchev–Trinajstić information content (AvgIpc) is 3.15. The highest BCUT2D eigenvalue weighted by atomic mass is 35.5. The summed E-state index contributed by atoms with van der Waals surface area (Å²) in [6.45, 7) is 0.505. The average molecular weight is 317 g/mol. The summed E-state index contributed by atoms with van der Waals surface area (Å²) in [5.41, 5.74) is 1.15. The van der Waals surface area contributed by atoms with Crippen LogP contribution in [-0.2, 0) is 11.3 Å². The minimum atomic E-state index is -0.461. The molecule has 0 atom stereocenters. The number of ether oxygens (including phenoxy) is 1. The van der Waals surface area contributed by atoms with Gasteiger partial charge in [0.05, 0.1) is 36.9 Å². The van der Waals surface area contributed by atoms with Crippen LogP contribution in [0, 0.1) is 16.7 Å². The second-order valence-electron chi connectivity index (χ2n) is 5.37. The number of benzene rings is 1. The molecule has 0 amide bonds. The SMILES string of the molecule is COC(=O)c1ccc(Cl)cc1-c1cn(CC2(C#N)CC2)nn1. The summed E-state index contributed by atoms with van der Waals surface area (Å²) in [6.07, 6.45) is 3.47. The quantitative estimate of drug-likeness (QED) is 0.810. The number of nitriles is 1. The molecule has 1 aliphatic rings. The van der Waals surface area contributed by atoms with E-state index in [1.54, 1.807) is 29.1 Å². The van der Waals surface area contributed by atoms with Crippen molar-refractivity contribution in [1.29, 1.82) is 5.26 Å². The van der Waals surface area contributed by atoms with Gasteiger partial charge >= 0.3 is 5.97 Å². The van der Waals surface area contributed by atoms with E-state index in [0.717, 1.165) is 12.8 Å². The van der Waals surface area contributed by atoms with Crippen molar-refractivity contribution in [2.75, 3.05) is 7.11 Å². The van der Waals surface area contributed by atoms with Crippen LogP contribution < -0.4 is 0 Å². The van der Waals surface area contributed by atoms with Crippen LogP contribution in [0.4, 0.5) is 0 Å². The summed E-state index contributed by atoms with van der Waals surface area (Å²) in [5.74, 6) is -0.461. The number of rotatable bonds is 4. The van der Waals surface area contributed by atoms with Gasteiger partial charge in [-0.3, -0.25) is 4.68 Å². The van der Waals surface area contributed by atoms with Gasteiger partial charge < -0.3 is 4.74 Å². The maximum atomic E-state index is 11.8. The highest BCUT2D eigenvalue weighted by Gasteiger charge is 2.43. The molecule has 0 bridgehead atoms. The molecule has 1 heterocycles. The first-order valence-corrected chi connectivity index (χ1v) is 7.14. The summed E-state index contributed by atoms with van der Waals surface area (Å²) in [4.78, 5) is 11.8. The van der Waals surface area contributed by atoms with E-state index in [1.807, 2.05) is 0 Å². The molecule has 1 aromatic carbocycles. The fourth-order valence-corrected chi connectivity index (χ4v) is 2.45. The monoisotopic (exact) mass is 316 g/mol. The van der Waals surface area contributed by atoms with Crippen molar-refractivity contribution in [2.45, 2.75) is 19.4 Å². The summed E-state index contributed by atoms with van der Waals surface area (Å²) in [6, 6.07) is 7.19. The minimum absolute atomic E-state index is 0.315. The normalized spacial score (nSPS) is 15.1. The molecule has 1 fully saturated rings. The van der Waals surface area contributed by atoms with Gasteiger partial charge in [0.25, 0.3) is 0 Å². The van der Waals surface area contributed by atoms with Crippen LogP contribution in [0.5, 0.6) is 0 Å². The van der Waals surface area contributed by atoms with E-state index in [4.69, 9.17) is 21.6 Å². The van der Waals surface area contributed by atoms with Crippen molar-refractivity contribution in [1.82, 2.24) is 15.0 Å². The molecule has 112 valence electrons. The summed E-state index contributed by atoms with van der Waals surface area (Å²) in [7, 11) is 1.32. The Morgan fingerprint density at radius 2 is 2.32 bits per heavy atom. The van der Waals surface area contributed by atoms with Gasteiger partial charge in [-0.1, -0.05) is 16.8 Å². The molecule has 22 heavy (non-hydrogen) atoms. The molecule has 0 saturated heterocycles. The van der Waals surface area contributed by atoms with E-state index in [-0.39, 0.29) is 5.41 Å². The van der Waals surface area contributed by atoms with E-state index in [1.165, 1.54) is 7.11 Å². The molecule has 0 spiro atoms. The number of aromatic nitrogens is 3. The Morgan fingerprint density at radius 1 is 1.55 bits per heavy atom. The third-order valence-corrected chi connectivity index (χ3v) is 3.99. The van der Waals surface area contributed by atoms with Gasteiger partial charge in [0.1, 0.15) is 5.69 Å². The zero-order valence-electron chi connectivity index (χ0n) is 11.9. The number of carbonyl (C=O) groups is 1. The van der Waals surface area contributed by atoms with Crippen molar-refractivity contribution in [3.63, 3.8) is 0 Å². The molecule has 0 radical (unpaired) electrons. The molecule has 2 aromatic rings. The fourth-order valence-electron chi connectivity index (χ4n) is 2.28. The Morgan fingerprint density at radius 3 is 2.95 bits per heavy atom. The molecule has 1 aliphatic carbocycles. The van der Waals surface area contributed by atoms with E-state index in [0.29, 0.717) is 28.4 Å². The number of carbonyl (C=O) groups excluding carboxylic acids is 1. The molecule has 0 aliphatic heterocycles. The van der Waals surface area contributed by atoms with Crippen LogP contribution in [0.2, 0.25) is 5.02 Å². The van der Waals surface area contributed by atoms with Crippen molar-refractivity contribution in [3.05, 3.63) is 35.0 Å². The number of hydrogen-bond acceptors (Lipinski definition) is 5. The molecular weight excluding hydrogens is 304 g/mol. The van der Waals surface area contributed by atoms with Crippen molar-refractivity contribution < 1.29 is 9.53 Å². The third-order valence-electron chi connectivity index (χ3n) is 3.76.